The maximum Gasteiger partial charge on any atom is 0.410 e. The number of nitrogens with zero attached hydrogens (tertiary/aromatic N) is 4. The SMILES string of the molecule is Cc1c[nH]c2ncc(-c3cc4c(c(C5CCCN5C(=O)OC(C)(C)C)c3)CCN(c3cccnc3)C4)cc12. The van der Waals surface area contributed by atoms with Crippen molar-refractivity contribution >= 4 is 22.8 Å². The van der Waals surface area contributed by atoms with Crippen LogP contribution >= 0.6 is 0 Å². The average Bonchev–Trinajstić information content (AvgIpc) is 3.54. The van der Waals surface area contributed by atoms with Crippen molar-refractivity contribution in [1.82, 2.24) is 19.9 Å². The Balaban J connectivity index is 1.44. The molecule has 1 amide bonds. The first kappa shape index (κ1) is 24.5. The number of aromatic amines is 1. The first-order valence-electron chi connectivity index (χ1n) is 13.5. The molecular formula is C31H35N5O2. The Kier molecular flexibility index (Phi) is 6.09. The summed E-state index contributed by atoms with van der Waals surface area (Å²) in [6.45, 7) is 10.3. The molecule has 1 fully saturated rings. The summed E-state index contributed by atoms with van der Waals surface area (Å²) in [5.41, 5.74) is 8.83. The molecular weight excluding hydrogens is 474 g/mol. The van der Waals surface area contributed by atoms with E-state index in [9.17, 15) is 4.79 Å². The Hall–Kier alpha value is -3.87. The Labute approximate surface area is 223 Å². The van der Waals surface area contributed by atoms with E-state index in [0.717, 1.165) is 66.7 Å². The van der Waals surface area contributed by atoms with Gasteiger partial charge in [-0.05, 0) is 105 Å². The molecule has 196 valence electrons. The number of carbonyl (C=O) groups is 1. The third-order valence-corrected chi connectivity index (χ3v) is 7.69. The molecule has 2 aliphatic rings. The molecule has 0 saturated carbocycles. The third-order valence-electron chi connectivity index (χ3n) is 7.69. The van der Waals surface area contributed by atoms with Gasteiger partial charge in [-0.25, -0.2) is 9.78 Å². The molecule has 0 spiro atoms. The molecule has 0 bridgehead atoms. The lowest BCUT2D eigenvalue weighted by Gasteiger charge is -2.35. The largest absolute Gasteiger partial charge is 0.444 e. The maximum atomic E-state index is 13.2. The smallest absolute Gasteiger partial charge is 0.410 e. The third kappa shape index (κ3) is 4.62. The van der Waals surface area contributed by atoms with Gasteiger partial charge in [0.2, 0.25) is 0 Å². The number of pyridine rings is 2. The van der Waals surface area contributed by atoms with E-state index in [0.29, 0.717) is 0 Å². The number of anilines is 1. The quantitative estimate of drug-likeness (QED) is 0.338. The van der Waals surface area contributed by atoms with Crippen LogP contribution in [0.2, 0.25) is 0 Å². The van der Waals surface area contributed by atoms with Crippen molar-refractivity contribution in [3.8, 4) is 11.1 Å². The van der Waals surface area contributed by atoms with Crippen molar-refractivity contribution in [2.75, 3.05) is 18.0 Å². The van der Waals surface area contributed by atoms with Crippen molar-refractivity contribution < 1.29 is 9.53 Å². The molecule has 2 aliphatic heterocycles. The number of aromatic nitrogens is 3. The van der Waals surface area contributed by atoms with Gasteiger partial charge in [-0.2, -0.15) is 0 Å². The second-order valence-electron chi connectivity index (χ2n) is 11.5. The zero-order valence-corrected chi connectivity index (χ0v) is 22.6. The average molecular weight is 510 g/mol. The van der Waals surface area contributed by atoms with Gasteiger partial charge in [0.1, 0.15) is 11.2 Å². The van der Waals surface area contributed by atoms with Crippen molar-refractivity contribution in [2.24, 2.45) is 0 Å². The molecule has 3 aromatic heterocycles. The predicted molar refractivity (Wildman–Crippen MR) is 150 cm³/mol. The molecule has 1 atom stereocenters. The van der Waals surface area contributed by atoms with Gasteiger partial charge in [0.25, 0.3) is 0 Å². The summed E-state index contributed by atoms with van der Waals surface area (Å²) in [7, 11) is 0. The Morgan fingerprint density at radius 3 is 2.79 bits per heavy atom. The lowest BCUT2D eigenvalue weighted by Crippen LogP contribution is -2.37. The van der Waals surface area contributed by atoms with Crippen molar-refractivity contribution in [3.63, 3.8) is 0 Å². The van der Waals surface area contributed by atoms with Crippen LogP contribution < -0.4 is 4.90 Å². The molecule has 1 aromatic carbocycles. The van der Waals surface area contributed by atoms with E-state index in [-0.39, 0.29) is 12.1 Å². The van der Waals surface area contributed by atoms with Gasteiger partial charge < -0.3 is 19.5 Å². The van der Waals surface area contributed by atoms with Gasteiger partial charge in [-0.1, -0.05) is 0 Å². The molecule has 1 unspecified atom stereocenters. The topological polar surface area (TPSA) is 74.3 Å². The molecule has 6 rings (SSSR count). The molecule has 7 heteroatoms. The fourth-order valence-corrected chi connectivity index (χ4v) is 5.88. The van der Waals surface area contributed by atoms with Gasteiger partial charge in [0.05, 0.1) is 17.9 Å². The number of carbonyl (C=O) groups excluding carboxylic acids is 1. The summed E-state index contributed by atoms with van der Waals surface area (Å²) in [6.07, 6.45) is 10.3. The van der Waals surface area contributed by atoms with Crippen molar-refractivity contribution in [1.29, 1.82) is 0 Å². The summed E-state index contributed by atoms with van der Waals surface area (Å²) in [5, 5.41) is 1.13. The van der Waals surface area contributed by atoms with Gasteiger partial charge in [-0.15, -0.1) is 0 Å². The van der Waals surface area contributed by atoms with Crippen molar-refractivity contribution in [2.45, 2.75) is 65.1 Å². The summed E-state index contributed by atoms with van der Waals surface area (Å²) in [6, 6.07) is 11.0. The number of amides is 1. The molecule has 1 saturated heterocycles. The number of ether oxygens (including phenoxy) is 1. The zero-order chi connectivity index (χ0) is 26.4. The van der Waals surface area contributed by atoms with Crippen molar-refractivity contribution in [3.05, 3.63) is 77.4 Å². The lowest BCUT2D eigenvalue weighted by molar-refractivity contribution is 0.0224. The minimum Gasteiger partial charge on any atom is -0.444 e. The van der Waals surface area contributed by atoms with Crippen LogP contribution in [0.3, 0.4) is 0 Å². The molecule has 1 N–H and O–H groups in total. The number of nitrogens with one attached hydrogen (secondary N) is 1. The molecule has 0 radical (unpaired) electrons. The second-order valence-corrected chi connectivity index (χ2v) is 11.5. The Morgan fingerprint density at radius 2 is 2.00 bits per heavy atom. The number of H-pyrrole nitrogens is 1. The van der Waals surface area contributed by atoms with E-state index >= 15 is 0 Å². The van der Waals surface area contributed by atoms with Crippen LogP contribution in [0.1, 0.15) is 61.9 Å². The van der Waals surface area contributed by atoms with E-state index in [2.05, 4.69) is 46.1 Å². The fraction of sp³-hybridized carbons (Fsp3) is 0.387. The number of benzene rings is 1. The number of fused-ring (bicyclic) bond motifs is 2. The summed E-state index contributed by atoms with van der Waals surface area (Å²) in [5.74, 6) is 0. The summed E-state index contributed by atoms with van der Waals surface area (Å²) >= 11 is 0. The minimum atomic E-state index is -0.523. The van der Waals surface area contributed by atoms with Crippen LogP contribution in [0.25, 0.3) is 22.2 Å². The summed E-state index contributed by atoms with van der Waals surface area (Å²) in [4.78, 5) is 29.9. The molecule has 7 nitrogen and oxygen atoms in total. The number of rotatable bonds is 3. The number of hydrogen-bond acceptors (Lipinski definition) is 5. The monoisotopic (exact) mass is 509 g/mol. The molecule has 5 heterocycles. The number of aryl methyl sites for hydroxylation is 1. The van der Waals surface area contributed by atoms with Crippen LogP contribution in [0, 0.1) is 6.92 Å². The highest BCUT2D eigenvalue weighted by atomic mass is 16.6. The van der Waals surface area contributed by atoms with Crippen LogP contribution in [0.4, 0.5) is 10.5 Å². The van der Waals surface area contributed by atoms with E-state index in [4.69, 9.17) is 9.72 Å². The maximum absolute atomic E-state index is 13.2. The van der Waals surface area contributed by atoms with Crippen LogP contribution in [-0.2, 0) is 17.7 Å². The first-order chi connectivity index (χ1) is 18.3. The van der Waals surface area contributed by atoms with E-state index in [1.165, 1.54) is 22.3 Å². The highest BCUT2D eigenvalue weighted by molar-refractivity contribution is 5.84. The number of likely N-dealkylation sites (tertiary alicyclic amines) is 1. The summed E-state index contributed by atoms with van der Waals surface area (Å²) < 4.78 is 5.82. The standard InChI is InChI=1S/C31H35N5O2/c1-20-16-33-29-26(20)15-22(17-34-29)21-13-23-19-35(24-7-5-10-32-18-24)12-9-25(23)27(14-21)28-8-6-11-36(28)30(37)38-31(2,3)4/h5,7,10,13-18,28H,6,8-9,11-12,19H2,1-4H3,(H,33,34). The highest BCUT2D eigenvalue weighted by Gasteiger charge is 2.36. The van der Waals surface area contributed by atoms with Crippen LogP contribution in [0.15, 0.2) is 55.1 Å². The van der Waals surface area contributed by atoms with Crippen LogP contribution in [0.5, 0.6) is 0 Å². The lowest BCUT2D eigenvalue weighted by atomic mass is 9.86. The fourth-order valence-electron chi connectivity index (χ4n) is 5.88. The van der Waals surface area contributed by atoms with E-state index in [1.54, 1.807) is 0 Å². The minimum absolute atomic E-state index is 0.00850. The number of hydrogen-bond donors (Lipinski definition) is 1. The van der Waals surface area contributed by atoms with E-state index in [1.807, 2.05) is 56.5 Å². The Morgan fingerprint density at radius 1 is 1.13 bits per heavy atom. The van der Waals surface area contributed by atoms with Gasteiger partial charge in [0.15, 0.2) is 0 Å². The Bertz CT molecular complexity index is 1490. The highest BCUT2D eigenvalue weighted by Crippen LogP contribution is 2.41. The molecule has 38 heavy (non-hydrogen) atoms. The van der Waals surface area contributed by atoms with Crippen LogP contribution in [-0.4, -0.2) is 44.6 Å². The molecule has 0 aliphatic carbocycles. The first-order valence-corrected chi connectivity index (χ1v) is 13.5. The normalized spacial score (nSPS) is 17.6. The molecule has 4 aromatic rings. The van der Waals surface area contributed by atoms with Gasteiger partial charge in [0, 0.05) is 49.2 Å². The zero-order valence-electron chi connectivity index (χ0n) is 22.6. The second kappa shape index (κ2) is 9.46. The van der Waals surface area contributed by atoms with E-state index < -0.39 is 5.60 Å². The van der Waals surface area contributed by atoms with Gasteiger partial charge in [-0.3, -0.25) is 4.98 Å². The predicted octanol–water partition coefficient (Wildman–Crippen LogP) is 6.57. The van der Waals surface area contributed by atoms with Gasteiger partial charge >= 0.3 is 6.09 Å².